The molecule has 0 radical (unpaired) electrons. The Balaban J connectivity index is 3.85. The Labute approximate surface area is 77.7 Å². The van der Waals surface area contributed by atoms with E-state index in [0.717, 1.165) is 11.8 Å². The van der Waals surface area contributed by atoms with Crippen LogP contribution in [0.3, 0.4) is 0 Å². The van der Waals surface area contributed by atoms with Gasteiger partial charge < -0.3 is 5.73 Å². The lowest BCUT2D eigenvalue weighted by molar-refractivity contribution is 0.278. The van der Waals surface area contributed by atoms with E-state index < -0.39 is 0 Å². The molecule has 1 nitrogen and oxygen atoms in total. The predicted octanol–water partition coefficient (Wildman–Crippen LogP) is 3.19. The second-order valence-corrected chi connectivity index (χ2v) is 4.05. The van der Waals surface area contributed by atoms with Crippen LogP contribution in [0.25, 0.3) is 0 Å². The summed E-state index contributed by atoms with van der Waals surface area (Å²) in [5.41, 5.74) is 5.95. The van der Waals surface area contributed by atoms with Crippen molar-refractivity contribution in [3.63, 3.8) is 0 Å². The van der Waals surface area contributed by atoms with E-state index in [0.29, 0.717) is 6.04 Å². The highest BCUT2D eigenvalue weighted by Crippen LogP contribution is 2.23. The first-order chi connectivity index (χ1) is 5.63. The second-order valence-electron chi connectivity index (χ2n) is 4.05. The highest BCUT2D eigenvalue weighted by Gasteiger charge is 2.18. The maximum Gasteiger partial charge on any atom is 0.00413 e. The summed E-state index contributed by atoms with van der Waals surface area (Å²) in [7, 11) is 0. The molecule has 0 saturated carbocycles. The number of unbranched alkanes of at least 4 members (excludes halogenated alkanes) is 1. The minimum Gasteiger partial charge on any atom is -0.328 e. The van der Waals surface area contributed by atoms with Crippen molar-refractivity contribution >= 4 is 0 Å². The first-order valence-corrected chi connectivity index (χ1v) is 5.39. The lowest BCUT2D eigenvalue weighted by Gasteiger charge is -2.26. The van der Waals surface area contributed by atoms with Gasteiger partial charge >= 0.3 is 0 Å². The topological polar surface area (TPSA) is 26.0 Å². The van der Waals surface area contributed by atoms with Crippen molar-refractivity contribution < 1.29 is 0 Å². The molecule has 3 atom stereocenters. The van der Waals surface area contributed by atoms with Gasteiger partial charge in [-0.05, 0) is 25.2 Å². The standard InChI is InChI=1S/C11H25N/c1-5-7-8-11(10(4)12)9(3)6-2/h9-11H,5-8,12H2,1-4H3. The number of nitrogens with two attached hydrogens (primary N) is 1. The summed E-state index contributed by atoms with van der Waals surface area (Å²) < 4.78 is 0. The molecule has 0 bridgehead atoms. The molecule has 3 unspecified atom stereocenters. The zero-order valence-corrected chi connectivity index (χ0v) is 9.14. The third-order valence-electron chi connectivity index (χ3n) is 2.94. The summed E-state index contributed by atoms with van der Waals surface area (Å²) in [6.07, 6.45) is 5.19. The number of hydrogen-bond donors (Lipinski definition) is 1. The van der Waals surface area contributed by atoms with Crippen LogP contribution < -0.4 is 5.73 Å². The van der Waals surface area contributed by atoms with Gasteiger partial charge in [0, 0.05) is 6.04 Å². The van der Waals surface area contributed by atoms with E-state index in [1.54, 1.807) is 0 Å². The van der Waals surface area contributed by atoms with Crippen LogP contribution in [0.4, 0.5) is 0 Å². The molecule has 1 heteroatoms. The molecule has 0 aromatic rings. The molecular weight excluding hydrogens is 146 g/mol. The first-order valence-electron chi connectivity index (χ1n) is 5.39. The monoisotopic (exact) mass is 171 g/mol. The molecule has 0 aromatic carbocycles. The highest BCUT2D eigenvalue weighted by molar-refractivity contribution is 4.73. The largest absolute Gasteiger partial charge is 0.328 e. The average Bonchev–Trinajstić information content (AvgIpc) is 2.04. The fourth-order valence-corrected chi connectivity index (χ4v) is 1.81. The van der Waals surface area contributed by atoms with Crippen LogP contribution in [0.2, 0.25) is 0 Å². The molecule has 0 rings (SSSR count). The molecule has 0 amide bonds. The fraction of sp³-hybridized carbons (Fsp3) is 1.00. The van der Waals surface area contributed by atoms with Crippen molar-refractivity contribution in [2.45, 2.75) is 59.4 Å². The fourth-order valence-electron chi connectivity index (χ4n) is 1.81. The predicted molar refractivity (Wildman–Crippen MR) is 56.1 cm³/mol. The minimum atomic E-state index is 0.367. The van der Waals surface area contributed by atoms with Crippen LogP contribution in [-0.2, 0) is 0 Å². The van der Waals surface area contributed by atoms with Gasteiger partial charge in [-0.2, -0.15) is 0 Å². The molecule has 0 spiro atoms. The van der Waals surface area contributed by atoms with Crippen molar-refractivity contribution in [1.29, 1.82) is 0 Å². The number of hydrogen-bond acceptors (Lipinski definition) is 1. The van der Waals surface area contributed by atoms with Gasteiger partial charge in [-0.1, -0.05) is 40.0 Å². The maximum atomic E-state index is 5.95. The molecule has 0 heterocycles. The lowest BCUT2D eigenvalue weighted by Crippen LogP contribution is -2.31. The normalized spacial score (nSPS) is 18.8. The van der Waals surface area contributed by atoms with Crippen LogP contribution in [0, 0.1) is 11.8 Å². The molecule has 0 aliphatic rings. The summed E-state index contributed by atoms with van der Waals surface area (Å²) in [4.78, 5) is 0. The SMILES string of the molecule is CCCCC(C(C)N)C(C)CC. The third kappa shape index (κ3) is 4.10. The van der Waals surface area contributed by atoms with Gasteiger partial charge in [0.05, 0.1) is 0 Å². The minimum absolute atomic E-state index is 0.367. The summed E-state index contributed by atoms with van der Waals surface area (Å²) in [5, 5.41) is 0. The van der Waals surface area contributed by atoms with E-state index in [1.807, 2.05) is 0 Å². The Hall–Kier alpha value is -0.0400. The van der Waals surface area contributed by atoms with E-state index in [9.17, 15) is 0 Å². The van der Waals surface area contributed by atoms with Crippen molar-refractivity contribution in [2.24, 2.45) is 17.6 Å². The molecule has 0 fully saturated rings. The van der Waals surface area contributed by atoms with Crippen molar-refractivity contribution in [3.8, 4) is 0 Å². The molecule has 0 aliphatic carbocycles. The molecule has 12 heavy (non-hydrogen) atoms. The van der Waals surface area contributed by atoms with Crippen LogP contribution in [-0.4, -0.2) is 6.04 Å². The van der Waals surface area contributed by atoms with Gasteiger partial charge in [-0.25, -0.2) is 0 Å². The Bertz CT molecular complexity index is 99.2. The Kier molecular flexibility index (Phi) is 6.45. The van der Waals surface area contributed by atoms with Gasteiger partial charge in [0.2, 0.25) is 0 Å². The Morgan fingerprint density at radius 1 is 1.17 bits per heavy atom. The zero-order chi connectivity index (χ0) is 9.56. The van der Waals surface area contributed by atoms with Gasteiger partial charge in [-0.15, -0.1) is 0 Å². The number of rotatable bonds is 6. The zero-order valence-electron chi connectivity index (χ0n) is 9.14. The lowest BCUT2D eigenvalue weighted by atomic mass is 9.83. The Morgan fingerprint density at radius 3 is 2.08 bits per heavy atom. The van der Waals surface area contributed by atoms with E-state index in [-0.39, 0.29) is 0 Å². The van der Waals surface area contributed by atoms with Crippen molar-refractivity contribution in [1.82, 2.24) is 0 Å². The van der Waals surface area contributed by atoms with Crippen LogP contribution in [0.1, 0.15) is 53.4 Å². The van der Waals surface area contributed by atoms with Crippen LogP contribution in [0.15, 0.2) is 0 Å². The second kappa shape index (κ2) is 6.47. The van der Waals surface area contributed by atoms with Gasteiger partial charge in [-0.3, -0.25) is 0 Å². The highest BCUT2D eigenvalue weighted by atomic mass is 14.6. The van der Waals surface area contributed by atoms with E-state index in [4.69, 9.17) is 5.73 Å². The summed E-state index contributed by atoms with van der Waals surface area (Å²) >= 11 is 0. The summed E-state index contributed by atoms with van der Waals surface area (Å²) in [6, 6.07) is 0.367. The molecular formula is C11H25N. The van der Waals surface area contributed by atoms with Gasteiger partial charge in [0.25, 0.3) is 0 Å². The molecule has 2 N–H and O–H groups in total. The van der Waals surface area contributed by atoms with E-state index >= 15 is 0 Å². The Morgan fingerprint density at radius 2 is 1.75 bits per heavy atom. The van der Waals surface area contributed by atoms with E-state index in [1.165, 1.54) is 25.7 Å². The smallest absolute Gasteiger partial charge is 0.00413 e. The molecule has 0 saturated heterocycles. The summed E-state index contributed by atoms with van der Waals surface area (Å²) in [6.45, 7) is 8.97. The molecule has 0 aromatic heterocycles. The van der Waals surface area contributed by atoms with Crippen molar-refractivity contribution in [3.05, 3.63) is 0 Å². The van der Waals surface area contributed by atoms with Crippen molar-refractivity contribution in [2.75, 3.05) is 0 Å². The quantitative estimate of drug-likeness (QED) is 0.652. The van der Waals surface area contributed by atoms with Gasteiger partial charge in [0.15, 0.2) is 0 Å². The summed E-state index contributed by atoms with van der Waals surface area (Å²) in [5.74, 6) is 1.52. The van der Waals surface area contributed by atoms with Crippen LogP contribution in [0.5, 0.6) is 0 Å². The average molecular weight is 171 g/mol. The maximum absolute atomic E-state index is 5.95. The van der Waals surface area contributed by atoms with Gasteiger partial charge in [0.1, 0.15) is 0 Å². The first kappa shape index (κ1) is 12.0. The third-order valence-corrected chi connectivity index (χ3v) is 2.94. The van der Waals surface area contributed by atoms with Crippen LogP contribution >= 0.6 is 0 Å². The molecule has 0 aliphatic heterocycles. The molecule has 74 valence electrons. The van der Waals surface area contributed by atoms with E-state index in [2.05, 4.69) is 27.7 Å².